The Hall–Kier alpha value is -2.43. The number of ether oxygens (including phenoxy) is 1. The lowest BCUT2D eigenvalue weighted by Crippen LogP contribution is -2.27. The number of rotatable bonds is 2. The summed E-state index contributed by atoms with van der Waals surface area (Å²) in [5.41, 5.74) is 1.49. The molecule has 0 N–H and O–H groups in total. The van der Waals surface area contributed by atoms with Crippen molar-refractivity contribution in [3.05, 3.63) is 53.6 Å². The van der Waals surface area contributed by atoms with Crippen LogP contribution in [0.4, 0.5) is 13.6 Å². The van der Waals surface area contributed by atoms with Gasteiger partial charge in [0, 0.05) is 25.2 Å². The number of nitrogens with zero attached hydrogens (tertiary/aromatic N) is 1. The molecule has 0 fully saturated rings. The molecule has 0 bridgehead atoms. The van der Waals surface area contributed by atoms with Crippen molar-refractivity contribution in [3.63, 3.8) is 0 Å². The Morgan fingerprint density at radius 2 is 1.71 bits per heavy atom. The lowest BCUT2D eigenvalue weighted by Gasteiger charge is -2.25. The van der Waals surface area contributed by atoms with Gasteiger partial charge in [0.15, 0.2) is 11.6 Å². The minimum absolute atomic E-state index is 0.295. The van der Waals surface area contributed by atoms with Gasteiger partial charge in [-0.05, 0) is 23.1 Å². The maximum Gasteiger partial charge on any atom is 0.414 e. The van der Waals surface area contributed by atoms with Crippen LogP contribution < -0.4 is 4.74 Å². The van der Waals surface area contributed by atoms with Crippen LogP contribution in [0.5, 0.6) is 5.75 Å². The molecule has 0 unspecified atom stereocenters. The molecular weight excluding hydrogens is 312 g/mol. The third kappa shape index (κ3) is 3.72. The Morgan fingerprint density at radius 3 is 2.25 bits per heavy atom. The van der Waals surface area contributed by atoms with E-state index in [1.807, 2.05) is 32.9 Å². The molecular formula is C19H21F2NO2. The van der Waals surface area contributed by atoms with Crippen molar-refractivity contribution in [1.82, 2.24) is 4.90 Å². The zero-order chi connectivity index (χ0) is 18.1. The van der Waals surface area contributed by atoms with E-state index in [0.29, 0.717) is 16.9 Å². The summed E-state index contributed by atoms with van der Waals surface area (Å²) < 4.78 is 32.4. The summed E-state index contributed by atoms with van der Waals surface area (Å²) in [5.74, 6) is -1.51. The zero-order valence-corrected chi connectivity index (χ0v) is 14.5. The maximum atomic E-state index is 13.6. The van der Waals surface area contributed by atoms with Gasteiger partial charge in [-0.15, -0.1) is 0 Å². The second-order valence-corrected chi connectivity index (χ2v) is 6.82. The SMILES string of the molecule is CN(C)C(=O)Oc1c(-c2ccc(F)c(F)c2)cccc1C(C)(C)C. The van der Waals surface area contributed by atoms with Crippen molar-refractivity contribution in [3.8, 4) is 16.9 Å². The molecule has 0 saturated heterocycles. The van der Waals surface area contributed by atoms with Crippen LogP contribution in [0.2, 0.25) is 0 Å². The smallest absolute Gasteiger partial charge is 0.409 e. The summed E-state index contributed by atoms with van der Waals surface area (Å²) in [6.45, 7) is 5.97. The third-order valence-electron chi connectivity index (χ3n) is 3.61. The van der Waals surface area contributed by atoms with E-state index in [4.69, 9.17) is 4.74 Å². The molecule has 1 amide bonds. The van der Waals surface area contributed by atoms with Crippen molar-refractivity contribution in [2.24, 2.45) is 0 Å². The Bertz CT molecular complexity index is 764. The number of hydrogen-bond donors (Lipinski definition) is 0. The van der Waals surface area contributed by atoms with Gasteiger partial charge in [-0.2, -0.15) is 0 Å². The summed E-state index contributed by atoms with van der Waals surface area (Å²) in [7, 11) is 3.17. The van der Waals surface area contributed by atoms with Gasteiger partial charge in [-0.3, -0.25) is 0 Å². The number of amides is 1. The van der Waals surface area contributed by atoms with Gasteiger partial charge in [0.05, 0.1) is 0 Å². The second-order valence-electron chi connectivity index (χ2n) is 6.82. The molecule has 0 radical (unpaired) electrons. The first-order chi connectivity index (χ1) is 11.1. The maximum absolute atomic E-state index is 13.6. The predicted molar refractivity (Wildman–Crippen MR) is 90.2 cm³/mol. The summed E-state index contributed by atoms with van der Waals surface area (Å²) in [5, 5.41) is 0. The highest BCUT2D eigenvalue weighted by molar-refractivity contribution is 5.79. The summed E-state index contributed by atoms with van der Waals surface area (Å²) in [4.78, 5) is 13.4. The Labute approximate surface area is 140 Å². The second kappa shape index (κ2) is 6.59. The fourth-order valence-electron chi connectivity index (χ4n) is 2.31. The standard InChI is InChI=1S/C19H21F2NO2/c1-19(2,3)14-8-6-7-13(17(14)24-18(23)22(4)5)12-9-10-15(20)16(21)11-12/h6-11H,1-5H3. The number of carbonyl (C=O) groups is 1. The van der Waals surface area contributed by atoms with Gasteiger partial charge in [-0.1, -0.05) is 45.0 Å². The molecule has 128 valence electrons. The van der Waals surface area contributed by atoms with Crippen LogP contribution in [0.1, 0.15) is 26.3 Å². The average molecular weight is 333 g/mol. The largest absolute Gasteiger partial charge is 0.414 e. The molecule has 2 aromatic carbocycles. The van der Waals surface area contributed by atoms with Crippen LogP contribution in [0, 0.1) is 11.6 Å². The first-order valence-electron chi connectivity index (χ1n) is 7.59. The normalized spacial score (nSPS) is 11.3. The first-order valence-corrected chi connectivity index (χ1v) is 7.59. The van der Waals surface area contributed by atoms with Gasteiger partial charge in [-0.25, -0.2) is 13.6 Å². The van der Waals surface area contributed by atoms with E-state index in [-0.39, 0.29) is 5.41 Å². The molecule has 0 aliphatic heterocycles. The molecule has 24 heavy (non-hydrogen) atoms. The van der Waals surface area contributed by atoms with E-state index in [1.54, 1.807) is 20.2 Å². The molecule has 5 heteroatoms. The molecule has 0 aliphatic carbocycles. The fraction of sp³-hybridized carbons (Fsp3) is 0.316. The molecule has 0 aromatic heterocycles. The van der Waals surface area contributed by atoms with Crippen LogP contribution in [-0.4, -0.2) is 25.1 Å². The zero-order valence-electron chi connectivity index (χ0n) is 14.5. The third-order valence-corrected chi connectivity index (χ3v) is 3.61. The monoisotopic (exact) mass is 333 g/mol. The Morgan fingerprint density at radius 1 is 1.04 bits per heavy atom. The number of hydrogen-bond acceptors (Lipinski definition) is 2. The first kappa shape index (κ1) is 17.9. The highest BCUT2D eigenvalue weighted by Gasteiger charge is 2.24. The molecule has 0 atom stereocenters. The number of carbonyl (C=O) groups excluding carboxylic acids is 1. The van der Waals surface area contributed by atoms with Gasteiger partial charge in [0.2, 0.25) is 0 Å². The fourth-order valence-corrected chi connectivity index (χ4v) is 2.31. The van der Waals surface area contributed by atoms with Gasteiger partial charge in [0.1, 0.15) is 5.75 Å². The molecule has 3 nitrogen and oxygen atoms in total. The van der Waals surface area contributed by atoms with E-state index < -0.39 is 17.7 Å². The van der Waals surface area contributed by atoms with Crippen molar-refractivity contribution in [2.75, 3.05) is 14.1 Å². The van der Waals surface area contributed by atoms with E-state index >= 15 is 0 Å². The van der Waals surface area contributed by atoms with Gasteiger partial charge in [0.25, 0.3) is 0 Å². The molecule has 2 aromatic rings. The van der Waals surface area contributed by atoms with Crippen molar-refractivity contribution in [2.45, 2.75) is 26.2 Å². The predicted octanol–water partition coefficient (Wildman–Crippen LogP) is 4.99. The molecule has 0 saturated carbocycles. The highest BCUT2D eigenvalue weighted by atomic mass is 19.2. The lowest BCUT2D eigenvalue weighted by molar-refractivity contribution is 0.171. The number of benzene rings is 2. The van der Waals surface area contributed by atoms with Crippen molar-refractivity contribution >= 4 is 6.09 Å². The summed E-state index contributed by atoms with van der Waals surface area (Å²) >= 11 is 0. The van der Waals surface area contributed by atoms with E-state index in [9.17, 15) is 13.6 Å². The molecule has 0 aliphatic rings. The molecule has 0 spiro atoms. The summed E-state index contributed by atoms with van der Waals surface area (Å²) in [6.07, 6.45) is -0.532. The van der Waals surface area contributed by atoms with Gasteiger partial charge < -0.3 is 9.64 Å². The van der Waals surface area contributed by atoms with Crippen LogP contribution >= 0.6 is 0 Å². The quantitative estimate of drug-likeness (QED) is 0.775. The average Bonchev–Trinajstić information content (AvgIpc) is 2.49. The Kier molecular flexibility index (Phi) is 4.92. The molecule has 0 heterocycles. The molecule has 2 rings (SSSR count). The van der Waals surface area contributed by atoms with Gasteiger partial charge >= 0.3 is 6.09 Å². The van der Waals surface area contributed by atoms with E-state index in [2.05, 4.69) is 0 Å². The lowest BCUT2D eigenvalue weighted by atomic mass is 9.84. The minimum Gasteiger partial charge on any atom is -0.409 e. The van der Waals surface area contributed by atoms with Crippen LogP contribution in [0.25, 0.3) is 11.1 Å². The van der Waals surface area contributed by atoms with E-state index in [0.717, 1.165) is 17.7 Å². The summed E-state index contributed by atoms with van der Waals surface area (Å²) in [6, 6.07) is 9.02. The van der Waals surface area contributed by atoms with Crippen LogP contribution in [0.15, 0.2) is 36.4 Å². The topological polar surface area (TPSA) is 29.5 Å². The van der Waals surface area contributed by atoms with Crippen LogP contribution in [-0.2, 0) is 5.41 Å². The van der Waals surface area contributed by atoms with E-state index in [1.165, 1.54) is 11.0 Å². The van der Waals surface area contributed by atoms with Crippen LogP contribution in [0.3, 0.4) is 0 Å². The van der Waals surface area contributed by atoms with Crippen molar-refractivity contribution < 1.29 is 18.3 Å². The number of para-hydroxylation sites is 1. The Balaban J connectivity index is 2.66. The number of halogens is 2. The minimum atomic E-state index is -0.946. The van der Waals surface area contributed by atoms with Crippen molar-refractivity contribution in [1.29, 1.82) is 0 Å². The highest BCUT2D eigenvalue weighted by Crippen LogP contribution is 2.39.